The van der Waals surface area contributed by atoms with Gasteiger partial charge in [0.2, 0.25) is 5.91 Å². The van der Waals surface area contributed by atoms with E-state index in [1.807, 2.05) is 0 Å². The Balaban J connectivity index is 0.00000256. The third-order valence-corrected chi connectivity index (χ3v) is 2.31. The quantitative estimate of drug-likeness (QED) is 0.847. The number of halogens is 2. The first-order valence-electron chi connectivity index (χ1n) is 5.30. The molecule has 0 heterocycles. The summed E-state index contributed by atoms with van der Waals surface area (Å²) >= 11 is 0. The maximum atomic E-state index is 13.0. The summed E-state index contributed by atoms with van der Waals surface area (Å²) in [7, 11) is 1.80. The second-order valence-electron chi connectivity index (χ2n) is 3.71. The van der Waals surface area contributed by atoms with Crippen LogP contribution in [0, 0.1) is 12.7 Å². The van der Waals surface area contributed by atoms with Crippen LogP contribution in [0.2, 0.25) is 0 Å². The van der Waals surface area contributed by atoms with Gasteiger partial charge < -0.3 is 10.6 Å². The van der Waals surface area contributed by atoms with Gasteiger partial charge in [-0.05, 0) is 31.2 Å². The maximum absolute atomic E-state index is 13.0. The van der Waals surface area contributed by atoms with Gasteiger partial charge in [0.25, 0.3) is 0 Å². The molecule has 1 aromatic carbocycles. The number of rotatable bonds is 5. The molecule has 0 saturated carbocycles. The Hall–Kier alpha value is -1.13. The van der Waals surface area contributed by atoms with Crippen molar-refractivity contribution in [1.82, 2.24) is 10.6 Å². The fraction of sp³-hybridized carbons (Fsp3) is 0.417. The van der Waals surface area contributed by atoms with E-state index in [0.29, 0.717) is 25.1 Å². The SMILES string of the molecule is CNCCC(=O)NCc1ccc(F)c(C)c1.Cl. The van der Waals surface area contributed by atoms with E-state index in [4.69, 9.17) is 0 Å². The monoisotopic (exact) mass is 260 g/mol. The molecule has 1 aromatic rings. The van der Waals surface area contributed by atoms with Crippen molar-refractivity contribution >= 4 is 18.3 Å². The first-order chi connectivity index (χ1) is 7.63. The van der Waals surface area contributed by atoms with Crippen LogP contribution in [0.1, 0.15) is 17.5 Å². The van der Waals surface area contributed by atoms with Gasteiger partial charge in [-0.3, -0.25) is 4.79 Å². The van der Waals surface area contributed by atoms with Gasteiger partial charge in [-0.1, -0.05) is 12.1 Å². The van der Waals surface area contributed by atoms with Crippen LogP contribution in [0.3, 0.4) is 0 Å². The molecule has 2 N–H and O–H groups in total. The molecule has 5 heteroatoms. The second kappa shape index (κ2) is 8.03. The predicted octanol–water partition coefficient (Wildman–Crippen LogP) is 1.78. The third kappa shape index (κ3) is 5.65. The van der Waals surface area contributed by atoms with Gasteiger partial charge in [0.05, 0.1) is 0 Å². The smallest absolute Gasteiger partial charge is 0.221 e. The molecule has 17 heavy (non-hydrogen) atoms. The van der Waals surface area contributed by atoms with Gasteiger partial charge in [-0.25, -0.2) is 4.39 Å². The highest BCUT2D eigenvalue weighted by Crippen LogP contribution is 2.08. The van der Waals surface area contributed by atoms with E-state index >= 15 is 0 Å². The van der Waals surface area contributed by atoms with Crippen molar-refractivity contribution in [3.05, 3.63) is 35.1 Å². The van der Waals surface area contributed by atoms with Crippen molar-refractivity contribution < 1.29 is 9.18 Å². The molecule has 0 unspecified atom stereocenters. The Morgan fingerprint density at radius 3 is 2.71 bits per heavy atom. The average molecular weight is 261 g/mol. The summed E-state index contributed by atoms with van der Waals surface area (Å²) in [4.78, 5) is 11.3. The third-order valence-electron chi connectivity index (χ3n) is 2.31. The topological polar surface area (TPSA) is 41.1 Å². The summed E-state index contributed by atoms with van der Waals surface area (Å²) in [6.07, 6.45) is 0.455. The fourth-order valence-electron chi connectivity index (χ4n) is 1.34. The molecule has 1 rings (SSSR count). The Morgan fingerprint density at radius 1 is 1.41 bits per heavy atom. The first kappa shape index (κ1) is 15.9. The first-order valence-corrected chi connectivity index (χ1v) is 5.30. The summed E-state index contributed by atoms with van der Waals surface area (Å²) in [5.41, 5.74) is 1.51. The van der Waals surface area contributed by atoms with Crippen LogP contribution in [0.15, 0.2) is 18.2 Å². The molecule has 3 nitrogen and oxygen atoms in total. The Bertz CT molecular complexity index is 372. The molecule has 0 aromatic heterocycles. The van der Waals surface area contributed by atoms with E-state index in [9.17, 15) is 9.18 Å². The lowest BCUT2D eigenvalue weighted by molar-refractivity contribution is -0.121. The molecule has 0 radical (unpaired) electrons. The number of hydrogen-bond acceptors (Lipinski definition) is 2. The molecule has 0 atom stereocenters. The van der Waals surface area contributed by atoms with Crippen molar-refractivity contribution in [3.63, 3.8) is 0 Å². The number of carbonyl (C=O) groups excluding carboxylic acids is 1. The highest BCUT2D eigenvalue weighted by Gasteiger charge is 2.02. The van der Waals surface area contributed by atoms with E-state index in [2.05, 4.69) is 10.6 Å². The zero-order chi connectivity index (χ0) is 12.0. The van der Waals surface area contributed by atoms with Crippen molar-refractivity contribution in [3.8, 4) is 0 Å². The summed E-state index contributed by atoms with van der Waals surface area (Å²) in [6, 6.07) is 4.85. The van der Waals surface area contributed by atoms with Crippen molar-refractivity contribution in [2.75, 3.05) is 13.6 Å². The average Bonchev–Trinajstić information content (AvgIpc) is 2.28. The Kier molecular flexibility index (Phi) is 7.50. The van der Waals surface area contributed by atoms with Crippen LogP contribution in [-0.2, 0) is 11.3 Å². The Labute approximate surface area is 107 Å². The van der Waals surface area contributed by atoms with Crippen LogP contribution in [0.25, 0.3) is 0 Å². The molecule has 0 spiro atoms. The molecule has 96 valence electrons. The lowest BCUT2D eigenvalue weighted by Crippen LogP contribution is -2.26. The van der Waals surface area contributed by atoms with Crippen LogP contribution in [0.4, 0.5) is 4.39 Å². The summed E-state index contributed by atoms with van der Waals surface area (Å²) < 4.78 is 13.0. The van der Waals surface area contributed by atoms with Crippen LogP contribution < -0.4 is 10.6 Å². The lowest BCUT2D eigenvalue weighted by atomic mass is 10.1. The van der Waals surface area contributed by atoms with Gasteiger partial charge in [-0.15, -0.1) is 12.4 Å². The molecule has 0 saturated heterocycles. The van der Waals surface area contributed by atoms with Gasteiger partial charge in [-0.2, -0.15) is 0 Å². The standard InChI is InChI=1S/C12H17FN2O.ClH/c1-9-7-10(3-4-11(9)13)8-15-12(16)5-6-14-2;/h3-4,7,14H,5-6,8H2,1-2H3,(H,15,16);1H. The molecule has 1 amide bonds. The summed E-state index contributed by atoms with van der Waals surface area (Å²) in [5.74, 6) is -0.221. The van der Waals surface area contributed by atoms with E-state index < -0.39 is 0 Å². The zero-order valence-corrected chi connectivity index (χ0v) is 10.9. The fourth-order valence-corrected chi connectivity index (χ4v) is 1.34. The lowest BCUT2D eigenvalue weighted by Gasteiger charge is -2.06. The molecule has 0 aliphatic carbocycles. The number of nitrogens with one attached hydrogen (secondary N) is 2. The molecule has 0 aliphatic heterocycles. The highest BCUT2D eigenvalue weighted by atomic mass is 35.5. The highest BCUT2D eigenvalue weighted by molar-refractivity contribution is 5.85. The van der Waals surface area contributed by atoms with Crippen LogP contribution >= 0.6 is 12.4 Å². The minimum absolute atomic E-state index is 0. The van der Waals surface area contributed by atoms with Crippen molar-refractivity contribution in [2.24, 2.45) is 0 Å². The summed E-state index contributed by atoms with van der Waals surface area (Å²) in [5, 5.41) is 5.68. The van der Waals surface area contributed by atoms with E-state index in [-0.39, 0.29) is 24.1 Å². The van der Waals surface area contributed by atoms with Crippen molar-refractivity contribution in [2.45, 2.75) is 19.9 Å². The summed E-state index contributed by atoms with van der Waals surface area (Å²) in [6.45, 7) is 2.82. The number of carbonyl (C=O) groups is 1. The number of hydrogen-bond donors (Lipinski definition) is 2. The van der Waals surface area contributed by atoms with E-state index in [1.165, 1.54) is 6.07 Å². The Morgan fingerprint density at radius 2 is 2.12 bits per heavy atom. The molecular weight excluding hydrogens is 243 g/mol. The van der Waals surface area contributed by atoms with Gasteiger partial charge >= 0.3 is 0 Å². The minimum atomic E-state index is -0.217. The molecular formula is C12H18ClFN2O. The largest absolute Gasteiger partial charge is 0.352 e. The van der Waals surface area contributed by atoms with Crippen LogP contribution in [0.5, 0.6) is 0 Å². The van der Waals surface area contributed by atoms with Crippen molar-refractivity contribution in [1.29, 1.82) is 0 Å². The molecule has 0 aliphatic rings. The normalized spacial score (nSPS) is 9.59. The maximum Gasteiger partial charge on any atom is 0.221 e. The number of benzene rings is 1. The van der Waals surface area contributed by atoms with Gasteiger partial charge in [0.15, 0.2) is 0 Å². The molecule has 0 fully saturated rings. The number of aryl methyl sites for hydroxylation is 1. The second-order valence-corrected chi connectivity index (χ2v) is 3.71. The predicted molar refractivity (Wildman–Crippen MR) is 68.8 cm³/mol. The van der Waals surface area contributed by atoms with Gasteiger partial charge in [0.1, 0.15) is 5.82 Å². The van der Waals surface area contributed by atoms with E-state index in [1.54, 1.807) is 26.1 Å². The minimum Gasteiger partial charge on any atom is -0.352 e. The number of amides is 1. The van der Waals surface area contributed by atoms with E-state index in [0.717, 1.165) is 5.56 Å². The molecule has 0 bridgehead atoms. The van der Waals surface area contributed by atoms with Gasteiger partial charge in [0, 0.05) is 19.5 Å². The van der Waals surface area contributed by atoms with Crippen LogP contribution in [-0.4, -0.2) is 19.5 Å². The zero-order valence-electron chi connectivity index (χ0n) is 10.0.